The quantitative estimate of drug-likeness (QED) is 0.672. The van der Waals surface area contributed by atoms with E-state index in [0.29, 0.717) is 23.5 Å². The zero-order chi connectivity index (χ0) is 14.4. The van der Waals surface area contributed by atoms with Crippen molar-refractivity contribution in [2.75, 3.05) is 31.6 Å². The van der Waals surface area contributed by atoms with Gasteiger partial charge in [0.05, 0.1) is 6.54 Å². The summed E-state index contributed by atoms with van der Waals surface area (Å²) >= 11 is 0. The molecule has 0 aromatic heterocycles. The van der Waals surface area contributed by atoms with Crippen molar-refractivity contribution in [3.8, 4) is 0 Å². The van der Waals surface area contributed by atoms with Crippen molar-refractivity contribution in [2.24, 2.45) is 0 Å². The highest BCUT2D eigenvalue weighted by Crippen LogP contribution is 2.15. The Bertz CT molecular complexity index is 453. The third-order valence-corrected chi connectivity index (χ3v) is 2.62. The Labute approximate surface area is 112 Å². The summed E-state index contributed by atoms with van der Waals surface area (Å²) in [5.74, 6) is -0.455. The summed E-state index contributed by atoms with van der Waals surface area (Å²) in [7, 11) is 1.54. The number of nitrogen functional groups attached to an aromatic ring is 2. The van der Waals surface area contributed by atoms with Crippen molar-refractivity contribution in [2.45, 2.75) is 13.3 Å². The molecule has 0 unspecified atom stereocenters. The average molecular weight is 264 g/mol. The topological polar surface area (TPSA) is 101 Å². The van der Waals surface area contributed by atoms with Gasteiger partial charge in [0.1, 0.15) is 0 Å². The molecule has 19 heavy (non-hydrogen) atoms. The van der Waals surface area contributed by atoms with Gasteiger partial charge in [-0.2, -0.15) is 0 Å². The number of carbonyl (C=O) groups excluding carboxylic acids is 2. The molecule has 1 aromatic carbocycles. The van der Waals surface area contributed by atoms with E-state index in [0.717, 1.165) is 6.42 Å². The summed E-state index contributed by atoms with van der Waals surface area (Å²) < 4.78 is 0. The lowest BCUT2D eigenvalue weighted by Gasteiger charge is -2.21. The van der Waals surface area contributed by atoms with Crippen LogP contribution in [0.4, 0.5) is 11.4 Å². The molecule has 6 heteroatoms. The van der Waals surface area contributed by atoms with Gasteiger partial charge in [-0.1, -0.05) is 6.92 Å². The Morgan fingerprint density at radius 1 is 1.21 bits per heavy atom. The first-order valence-electron chi connectivity index (χ1n) is 6.13. The Hall–Kier alpha value is -2.24. The molecule has 0 aliphatic carbocycles. The highest BCUT2D eigenvalue weighted by molar-refractivity contribution is 5.98. The fourth-order valence-corrected chi connectivity index (χ4v) is 1.76. The van der Waals surface area contributed by atoms with Crippen LogP contribution in [0.3, 0.4) is 0 Å². The summed E-state index contributed by atoms with van der Waals surface area (Å²) in [6, 6.07) is 4.70. The van der Waals surface area contributed by atoms with Gasteiger partial charge in [-0.15, -0.1) is 0 Å². The molecule has 6 nitrogen and oxygen atoms in total. The molecule has 5 N–H and O–H groups in total. The maximum absolute atomic E-state index is 12.3. The van der Waals surface area contributed by atoms with Gasteiger partial charge in [-0.3, -0.25) is 9.59 Å². The molecule has 0 heterocycles. The van der Waals surface area contributed by atoms with E-state index in [9.17, 15) is 9.59 Å². The number of nitrogens with one attached hydrogen (secondary N) is 1. The largest absolute Gasteiger partial charge is 0.399 e. The van der Waals surface area contributed by atoms with Gasteiger partial charge >= 0.3 is 0 Å². The lowest BCUT2D eigenvalue weighted by Crippen LogP contribution is -2.40. The summed E-state index contributed by atoms with van der Waals surface area (Å²) in [6.07, 6.45) is 0.764. The number of nitrogens with zero attached hydrogens (tertiary/aromatic N) is 1. The van der Waals surface area contributed by atoms with E-state index < -0.39 is 0 Å². The van der Waals surface area contributed by atoms with Crippen LogP contribution in [0.5, 0.6) is 0 Å². The first kappa shape index (κ1) is 14.8. The van der Waals surface area contributed by atoms with E-state index in [1.807, 2.05) is 6.92 Å². The van der Waals surface area contributed by atoms with Crippen LogP contribution in [0.15, 0.2) is 18.2 Å². The van der Waals surface area contributed by atoms with Gasteiger partial charge in [-0.25, -0.2) is 0 Å². The molecule has 0 spiro atoms. The Morgan fingerprint density at radius 3 is 2.26 bits per heavy atom. The highest BCUT2D eigenvalue weighted by Gasteiger charge is 2.18. The number of anilines is 2. The third-order valence-electron chi connectivity index (χ3n) is 2.62. The molecule has 0 bridgehead atoms. The van der Waals surface area contributed by atoms with E-state index in [-0.39, 0.29) is 18.4 Å². The molecule has 0 fully saturated rings. The number of hydrogen-bond donors (Lipinski definition) is 3. The van der Waals surface area contributed by atoms with Gasteiger partial charge in [0.25, 0.3) is 5.91 Å². The Morgan fingerprint density at radius 2 is 1.79 bits per heavy atom. The minimum Gasteiger partial charge on any atom is -0.399 e. The van der Waals surface area contributed by atoms with Crippen LogP contribution in [0, 0.1) is 0 Å². The standard InChI is InChI=1S/C13H20N4O2/c1-3-4-17(8-12(18)16-2)13(19)9-5-10(14)7-11(15)6-9/h5-7H,3-4,8,14-15H2,1-2H3,(H,16,18). The Balaban J connectivity index is 2.94. The van der Waals surface area contributed by atoms with E-state index in [2.05, 4.69) is 5.32 Å². The minimum atomic E-state index is -0.246. The normalized spacial score (nSPS) is 10.0. The summed E-state index contributed by atoms with van der Waals surface area (Å²) in [4.78, 5) is 25.2. The fourth-order valence-electron chi connectivity index (χ4n) is 1.76. The summed E-state index contributed by atoms with van der Waals surface area (Å²) in [6.45, 7) is 2.47. The van der Waals surface area contributed by atoms with Crippen LogP contribution in [-0.4, -0.2) is 36.9 Å². The van der Waals surface area contributed by atoms with Crippen LogP contribution < -0.4 is 16.8 Å². The maximum Gasteiger partial charge on any atom is 0.254 e. The average Bonchev–Trinajstić information content (AvgIpc) is 2.36. The van der Waals surface area contributed by atoms with Gasteiger partial charge in [0.2, 0.25) is 5.91 Å². The van der Waals surface area contributed by atoms with Crippen molar-refractivity contribution in [3.63, 3.8) is 0 Å². The highest BCUT2D eigenvalue weighted by atomic mass is 16.2. The van der Waals surface area contributed by atoms with Crippen LogP contribution in [0.25, 0.3) is 0 Å². The molecule has 0 saturated heterocycles. The lowest BCUT2D eigenvalue weighted by molar-refractivity contribution is -0.121. The molecule has 0 aliphatic rings. The van der Waals surface area contributed by atoms with E-state index >= 15 is 0 Å². The number of benzene rings is 1. The van der Waals surface area contributed by atoms with Gasteiger partial charge in [0, 0.05) is 30.5 Å². The van der Waals surface area contributed by atoms with Crippen molar-refractivity contribution >= 4 is 23.2 Å². The van der Waals surface area contributed by atoms with Crippen molar-refractivity contribution in [1.29, 1.82) is 0 Å². The van der Waals surface area contributed by atoms with Gasteiger partial charge in [-0.05, 0) is 24.6 Å². The minimum absolute atomic E-state index is 0.0257. The second kappa shape index (κ2) is 6.63. The van der Waals surface area contributed by atoms with E-state index in [4.69, 9.17) is 11.5 Å². The number of rotatable bonds is 5. The molecule has 0 radical (unpaired) electrons. The maximum atomic E-state index is 12.3. The van der Waals surface area contributed by atoms with Crippen LogP contribution in [-0.2, 0) is 4.79 Å². The Kier molecular flexibility index (Phi) is 5.17. The first-order valence-corrected chi connectivity index (χ1v) is 6.13. The molecular formula is C13H20N4O2. The van der Waals surface area contributed by atoms with Crippen molar-refractivity contribution in [3.05, 3.63) is 23.8 Å². The molecule has 0 saturated carbocycles. The molecule has 0 atom stereocenters. The van der Waals surface area contributed by atoms with Crippen molar-refractivity contribution in [1.82, 2.24) is 10.2 Å². The molecule has 1 rings (SSSR count). The SMILES string of the molecule is CCCN(CC(=O)NC)C(=O)c1cc(N)cc(N)c1. The number of hydrogen-bond acceptors (Lipinski definition) is 4. The molecule has 0 aliphatic heterocycles. The van der Waals surface area contributed by atoms with Crippen LogP contribution in [0.2, 0.25) is 0 Å². The predicted molar refractivity (Wildman–Crippen MR) is 75.5 cm³/mol. The number of likely N-dealkylation sites (N-methyl/N-ethyl adjacent to an activating group) is 1. The number of nitrogens with two attached hydrogens (primary N) is 2. The van der Waals surface area contributed by atoms with Gasteiger partial charge in [0.15, 0.2) is 0 Å². The van der Waals surface area contributed by atoms with Crippen LogP contribution >= 0.6 is 0 Å². The molecular weight excluding hydrogens is 244 g/mol. The molecule has 104 valence electrons. The molecule has 2 amide bonds. The third kappa shape index (κ3) is 4.17. The second-order valence-corrected chi connectivity index (χ2v) is 4.29. The van der Waals surface area contributed by atoms with E-state index in [1.165, 1.54) is 11.9 Å². The second-order valence-electron chi connectivity index (χ2n) is 4.29. The summed E-state index contributed by atoms with van der Waals surface area (Å²) in [5.41, 5.74) is 12.6. The fraction of sp³-hybridized carbons (Fsp3) is 0.385. The number of amides is 2. The summed E-state index contributed by atoms with van der Waals surface area (Å²) in [5, 5.41) is 2.50. The van der Waals surface area contributed by atoms with Gasteiger partial charge < -0.3 is 21.7 Å². The van der Waals surface area contributed by atoms with E-state index in [1.54, 1.807) is 18.2 Å². The van der Waals surface area contributed by atoms with Crippen molar-refractivity contribution < 1.29 is 9.59 Å². The lowest BCUT2D eigenvalue weighted by atomic mass is 10.1. The monoisotopic (exact) mass is 264 g/mol. The smallest absolute Gasteiger partial charge is 0.254 e. The zero-order valence-electron chi connectivity index (χ0n) is 11.3. The first-order chi connectivity index (χ1) is 8.97. The van der Waals surface area contributed by atoms with Crippen LogP contribution in [0.1, 0.15) is 23.7 Å². The molecule has 1 aromatic rings. The number of carbonyl (C=O) groups is 2. The predicted octanol–water partition coefficient (Wildman–Crippen LogP) is 0.449. The zero-order valence-corrected chi connectivity index (χ0v) is 11.3.